The van der Waals surface area contributed by atoms with E-state index in [1.54, 1.807) is 0 Å². The number of allylic oxidation sites excluding steroid dienone is 2. The number of hydrogen-bond acceptors (Lipinski definition) is 11. The Hall–Kier alpha value is -0.920. The molecule has 0 bridgehead atoms. The molecule has 0 amide bonds. The molecular weight excluding hydrogens is 763 g/mol. The highest BCUT2D eigenvalue weighted by molar-refractivity contribution is 7.47. The van der Waals surface area contributed by atoms with Crippen LogP contribution in [0.5, 0.6) is 0 Å². The monoisotopic (exact) mass is 851 g/mol. The molecule has 0 aromatic heterocycles. The number of carbonyl (C=O) groups excluding carboxylic acids is 1. The molecule has 58 heavy (non-hydrogen) atoms. The van der Waals surface area contributed by atoms with Crippen molar-refractivity contribution in [3.05, 3.63) is 12.2 Å². The number of aliphatic hydroxyl groups is 5. The lowest BCUT2D eigenvalue weighted by Crippen LogP contribution is -2.64. The van der Waals surface area contributed by atoms with Crippen molar-refractivity contribution in [2.45, 2.75) is 249 Å². The van der Waals surface area contributed by atoms with E-state index in [2.05, 4.69) is 26.0 Å². The van der Waals surface area contributed by atoms with Crippen LogP contribution in [0.3, 0.4) is 0 Å². The summed E-state index contributed by atoms with van der Waals surface area (Å²) in [5.74, 6) is -0.478. The van der Waals surface area contributed by atoms with Crippen molar-refractivity contribution in [2.75, 3.05) is 19.8 Å². The maximum Gasteiger partial charge on any atom is 0.472 e. The summed E-state index contributed by atoms with van der Waals surface area (Å²) in [4.78, 5) is 23.0. The number of unbranched alkanes of at least 4 members (excludes halogenated alkanes) is 26. The van der Waals surface area contributed by atoms with Gasteiger partial charge in [-0.3, -0.25) is 13.8 Å². The number of rotatable bonds is 40. The third-order valence-corrected chi connectivity index (χ3v) is 12.1. The van der Waals surface area contributed by atoms with E-state index in [4.69, 9.17) is 18.5 Å². The minimum absolute atomic E-state index is 0.0726. The fraction of sp³-hybridized carbons (Fsp3) is 0.933. The molecule has 0 aliphatic heterocycles. The van der Waals surface area contributed by atoms with Gasteiger partial charge < -0.3 is 39.9 Å². The fourth-order valence-corrected chi connectivity index (χ4v) is 8.32. The van der Waals surface area contributed by atoms with Gasteiger partial charge in [-0.05, 0) is 38.5 Å². The highest BCUT2D eigenvalue weighted by Crippen LogP contribution is 2.47. The van der Waals surface area contributed by atoms with Crippen LogP contribution in [0.25, 0.3) is 0 Å². The Morgan fingerprint density at radius 3 is 1.36 bits per heavy atom. The molecule has 1 fully saturated rings. The maximum atomic E-state index is 12.8. The first-order valence-electron chi connectivity index (χ1n) is 23.5. The average Bonchev–Trinajstić information content (AvgIpc) is 3.21. The van der Waals surface area contributed by atoms with Crippen LogP contribution in [0.1, 0.15) is 206 Å². The van der Waals surface area contributed by atoms with Gasteiger partial charge in [-0.2, -0.15) is 0 Å². The summed E-state index contributed by atoms with van der Waals surface area (Å²) in [5, 5.41) is 50.1. The molecule has 0 radical (unpaired) electrons. The molecule has 0 saturated heterocycles. The normalized spacial score (nSPS) is 22.7. The number of carbonyl (C=O) groups is 1. The minimum Gasteiger partial charge on any atom is -0.457 e. The summed E-state index contributed by atoms with van der Waals surface area (Å²) in [7, 11) is -5.01. The first-order valence-corrected chi connectivity index (χ1v) is 25.0. The molecule has 6 N–H and O–H groups in total. The van der Waals surface area contributed by atoms with Crippen molar-refractivity contribution in [1.82, 2.24) is 0 Å². The zero-order valence-electron chi connectivity index (χ0n) is 36.6. The second-order valence-electron chi connectivity index (χ2n) is 16.6. The molecule has 6 unspecified atom stereocenters. The van der Waals surface area contributed by atoms with Gasteiger partial charge in [0.2, 0.25) is 0 Å². The van der Waals surface area contributed by atoms with Gasteiger partial charge in [-0.1, -0.05) is 174 Å². The van der Waals surface area contributed by atoms with Crippen molar-refractivity contribution in [2.24, 2.45) is 0 Å². The zero-order valence-corrected chi connectivity index (χ0v) is 37.5. The molecule has 0 aromatic rings. The van der Waals surface area contributed by atoms with E-state index >= 15 is 0 Å². The first kappa shape index (κ1) is 55.1. The van der Waals surface area contributed by atoms with E-state index in [1.807, 2.05) is 0 Å². The summed E-state index contributed by atoms with van der Waals surface area (Å²) in [6, 6.07) is 0. The molecule has 0 aromatic carbocycles. The summed E-state index contributed by atoms with van der Waals surface area (Å²) in [5.41, 5.74) is 0. The second kappa shape index (κ2) is 36.7. The lowest BCUT2D eigenvalue weighted by atomic mass is 9.85. The van der Waals surface area contributed by atoms with Gasteiger partial charge in [-0.15, -0.1) is 0 Å². The number of esters is 1. The highest BCUT2D eigenvalue weighted by Gasteiger charge is 2.51. The van der Waals surface area contributed by atoms with Crippen LogP contribution in [0, 0.1) is 0 Å². The second-order valence-corrected chi connectivity index (χ2v) is 18.0. The molecule has 0 spiro atoms. The van der Waals surface area contributed by atoms with Gasteiger partial charge >= 0.3 is 13.8 Å². The molecule has 1 saturated carbocycles. The summed E-state index contributed by atoms with van der Waals surface area (Å²) in [6.07, 6.45) is 27.3. The Bertz CT molecular complexity index is 1020. The Labute approximate surface area is 352 Å². The van der Waals surface area contributed by atoms with E-state index < -0.39 is 63.1 Å². The Kier molecular flexibility index (Phi) is 34.9. The summed E-state index contributed by atoms with van der Waals surface area (Å²) < 4.78 is 34.1. The topological polar surface area (TPSA) is 192 Å². The van der Waals surface area contributed by atoms with Crippen molar-refractivity contribution in [3.8, 4) is 0 Å². The number of hydrogen-bond donors (Lipinski definition) is 6. The minimum atomic E-state index is -5.01. The quantitative estimate of drug-likeness (QED) is 0.0148. The fourth-order valence-electron chi connectivity index (χ4n) is 7.35. The van der Waals surface area contributed by atoms with Gasteiger partial charge in [-0.25, -0.2) is 4.57 Å². The van der Waals surface area contributed by atoms with Crippen LogP contribution in [0.2, 0.25) is 0 Å². The largest absolute Gasteiger partial charge is 0.472 e. The average molecular weight is 851 g/mol. The van der Waals surface area contributed by atoms with Gasteiger partial charge in [0.25, 0.3) is 0 Å². The van der Waals surface area contributed by atoms with E-state index in [1.165, 1.54) is 141 Å². The summed E-state index contributed by atoms with van der Waals surface area (Å²) in [6.45, 7) is 4.24. The molecule has 1 aliphatic carbocycles. The van der Waals surface area contributed by atoms with E-state index in [9.17, 15) is 39.8 Å². The van der Waals surface area contributed by atoms with Crippen molar-refractivity contribution in [3.63, 3.8) is 0 Å². The highest BCUT2D eigenvalue weighted by atomic mass is 31.2. The molecule has 1 aliphatic rings. The molecule has 1 rings (SSSR count). The SMILES string of the molecule is CCCCCCCCCC/C=C\CCCCCCCCCCCCOCC(COP(=O)(O)OC1C(O)C(O)C(O)C(O)C1O)OC(=O)CCCCCCCCCCC. The van der Waals surface area contributed by atoms with Gasteiger partial charge in [0.1, 0.15) is 42.7 Å². The standard InChI is InChI=1S/C45H87O12P/c1-3-5-7-9-11-13-14-15-16-17-18-19-20-21-22-23-24-25-27-29-31-33-35-54-36-38(56-39(46)34-32-30-28-26-12-10-8-6-4-2)37-55-58(52,53)57-45-43(50)41(48)40(47)42(49)44(45)51/h17-18,38,40-45,47-51H,3-16,19-37H2,1-2H3,(H,52,53)/b18-17-. The van der Waals surface area contributed by atoms with Crippen LogP contribution in [0.4, 0.5) is 0 Å². The molecule has 0 heterocycles. The number of phosphoric acid groups is 1. The van der Waals surface area contributed by atoms with E-state index in [-0.39, 0.29) is 13.0 Å². The van der Waals surface area contributed by atoms with Gasteiger partial charge in [0.15, 0.2) is 0 Å². The van der Waals surface area contributed by atoms with Crippen molar-refractivity contribution < 1.29 is 58.3 Å². The molecule has 6 atom stereocenters. The molecule has 344 valence electrons. The van der Waals surface area contributed by atoms with Crippen LogP contribution >= 0.6 is 7.82 Å². The number of ether oxygens (including phenoxy) is 2. The molecule has 13 heteroatoms. The maximum absolute atomic E-state index is 12.8. The van der Waals surface area contributed by atoms with Crippen molar-refractivity contribution >= 4 is 13.8 Å². The van der Waals surface area contributed by atoms with Crippen LogP contribution in [0.15, 0.2) is 12.2 Å². The zero-order chi connectivity index (χ0) is 42.7. The Morgan fingerprint density at radius 2 is 0.914 bits per heavy atom. The summed E-state index contributed by atoms with van der Waals surface area (Å²) >= 11 is 0. The third kappa shape index (κ3) is 28.6. The first-order chi connectivity index (χ1) is 28.0. The van der Waals surface area contributed by atoms with Crippen LogP contribution < -0.4 is 0 Å². The molecular formula is C45H87O12P. The Balaban J connectivity index is 2.29. The van der Waals surface area contributed by atoms with Crippen LogP contribution in [-0.4, -0.2) is 98.9 Å². The van der Waals surface area contributed by atoms with Gasteiger partial charge in [0, 0.05) is 13.0 Å². The van der Waals surface area contributed by atoms with Gasteiger partial charge in [0.05, 0.1) is 13.2 Å². The number of aliphatic hydroxyl groups excluding tert-OH is 5. The van der Waals surface area contributed by atoms with E-state index in [0.717, 1.165) is 38.5 Å². The smallest absolute Gasteiger partial charge is 0.457 e. The predicted molar refractivity (Wildman–Crippen MR) is 230 cm³/mol. The van der Waals surface area contributed by atoms with Crippen molar-refractivity contribution in [1.29, 1.82) is 0 Å². The predicted octanol–water partition coefficient (Wildman–Crippen LogP) is 9.53. The van der Waals surface area contributed by atoms with E-state index in [0.29, 0.717) is 13.0 Å². The lowest BCUT2D eigenvalue weighted by Gasteiger charge is -2.41. The molecule has 12 nitrogen and oxygen atoms in total. The number of phosphoric ester groups is 1. The Morgan fingerprint density at radius 1 is 0.534 bits per heavy atom. The lowest BCUT2D eigenvalue weighted by molar-refractivity contribution is -0.220. The third-order valence-electron chi connectivity index (χ3n) is 11.1. The van der Waals surface area contributed by atoms with Crippen LogP contribution in [-0.2, 0) is 27.9 Å².